The Labute approximate surface area is 100 Å². The Morgan fingerprint density at radius 1 is 1.47 bits per heavy atom. The molecule has 1 rings (SSSR count). The van der Waals surface area contributed by atoms with Crippen LogP contribution in [0.5, 0.6) is 5.75 Å². The van der Waals surface area contributed by atoms with E-state index in [-0.39, 0.29) is 11.8 Å². The molecule has 0 aliphatic rings. The Hall–Kier alpha value is -1.14. The highest BCUT2D eigenvalue weighted by molar-refractivity contribution is 7.90. The van der Waals surface area contributed by atoms with Crippen molar-refractivity contribution in [1.82, 2.24) is 5.32 Å². The molecule has 0 aliphatic carbocycles. The van der Waals surface area contributed by atoms with Crippen molar-refractivity contribution in [2.45, 2.75) is 19.5 Å². The van der Waals surface area contributed by atoms with Crippen LogP contribution in [0.3, 0.4) is 0 Å². The van der Waals surface area contributed by atoms with Crippen molar-refractivity contribution in [1.29, 1.82) is 0 Å². The van der Waals surface area contributed by atoms with Gasteiger partial charge in [0, 0.05) is 18.8 Å². The van der Waals surface area contributed by atoms with Crippen molar-refractivity contribution in [2.75, 3.05) is 12.0 Å². The first kappa shape index (κ1) is 13.9. The molecule has 2 N–H and O–H groups in total. The lowest BCUT2D eigenvalue weighted by molar-refractivity contribution is 0.431. The second-order valence-corrected chi connectivity index (χ2v) is 6.34. The molecular formula is C11H16FNO3S. The summed E-state index contributed by atoms with van der Waals surface area (Å²) >= 11 is 0. The first-order chi connectivity index (χ1) is 7.78. The van der Waals surface area contributed by atoms with Crippen LogP contribution in [0.15, 0.2) is 18.2 Å². The molecule has 0 aromatic heterocycles. The molecule has 17 heavy (non-hydrogen) atoms. The smallest absolute Gasteiger partial charge is 0.165 e. The fourth-order valence-electron chi connectivity index (χ4n) is 1.47. The molecule has 0 amide bonds. The number of aromatic hydroxyl groups is 1. The molecule has 0 heterocycles. The number of rotatable bonds is 5. The Balaban J connectivity index is 2.53. The average Bonchev–Trinajstić information content (AvgIpc) is 2.17. The van der Waals surface area contributed by atoms with E-state index >= 15 is 0 Å². The molecule has 0 saturated heterocycles. The Morgan fingerprint density at radius 2 is 2.12 bits per heavy atom. The second-order valence-electron chi connectivity index (χ2n) is 4.16. The Bertz CT molecular complexity index is 487. The van der Waals surface area contributed by atoms with Gasteiger partial charge in [-0.3, -0.25) is 0 Å². The summed E-state index contributed by atoms with van der Waals surface area (Å²) in [5.41, 5.74) is 0.653. The fraction of sp³-hybridized carbons (Fsp3) is 0.455. The van der Waals surface area contributed by atoms with Crippen LogP contribution in [0, 0.1) is 5.82 Å². The molecule has 0 fully saturated rings. The van der Waals surface area contributed by atoms with E-state index in [2.05, 4.69) is 5.32 Å². The molecule has 0 saturated carbocycles. The molecule has 96 valence electrons. The highest BCUT2D eigenvalue weighted by Gasteiger charge is 2.10. The first-order valence-electron chi connectivity index (χ1n) is 5.16. The highest BCUT2D eigenvalue weighted by atomic mass is 32.2. The predicted molar refractivity (Wildman–Crippen MR) is 64.1 cm³/mol. The zero-order chi connectivity index (χ0) is 13.1. The molecule has 0 bridgehead atoms. The summed E-state index contributed by atoms with van der Waals surface area (Å²) in [6.07, 6.45) is 1.17. The molecule has 0 spiro atoms. The van der Waals surface area contributed by atoms with E-state index in [0.29, 0.717) is 12.1 Å². The van der Waals surface area contributed by atoms with Gasteiger partial charge in [0.15, 0.2) is 11.6 Å². The van der Waals surface area contributed by atoms with Gasteiger partial charge in [-0.05, 0) is 24.6 Å². The SMILES string of the molecule is CC(CS(C)(=O)=O)NCc1ccc(O)c(F)c1. The topological polar surface area (TPSA) is 66.4 Å². The van der Waals surface area contributed by atoms with Crippen LogP contribution in [0.4, 0.5) is 4.39 Å². The molecule has 1 unspecified atom stereocenters. The summed E-state index contributed by atoms with van der Waals surface area (Å²) in [5.74, 6) is -1.04. The first-order valence-corrected chi connectivity index (χ1v) is 7.22. The summed E-state index contributed by atoms with van der Waals surface area (Å²) in [6, 6.07) is 3.86. The van der Waals surface area contributed by atoms with E-state index in [9.17, 15) is 12.8 Å². The van der Waals surface area contributed by atoms with Gasteiger partial charge in [-0.25, -0.2) is 12.8 Å². The summed E-state index contributed by atoms with van der Waals surface area (Å²) < 4.78 is 35.0. The number of benzene rings is 1. The Kier molecular flexibility index (Phi) is 4.47. The van der Waals surface area contributed by atoms with Crippen molar-refractivity contribution < 1.29 is 17.9 Å². The zero-order valence-electron chi connectivity index (χ0n) is 9.77. The quantitative estimate of drug-likeness (QED) is 0.831. The molecule has 1 aromatic rings. The minimum absolute atomic E-state index is 0.0353. The molecule has 1 aromatic carbocycles. The number of nitrogens with one attached hydrogen (secondary N) is 1. The largest absolute Gasteiger partial charge is 0.505 e. The van der Waals surface area contributed by atoms with E-state index in [1.807, 2.05) is 0 Å². The van der Waals surface area contributed by atoms with Crippen molar-refractivity contribution in [3.05, 3.63) is 29.6 Å². The van der Waals surface area contributed by atoms with Gasteiger partial charge in [0.2, 0.25) is 0 Å². The van der Waals surface area contributed by atoms with Crippen LogP contribution in [0.25, 0.3) is 0 Å². The van der Waals surface area contributed by atoms with Crippen LogP contribution in [0.2, 0.25) is 0 Å². The van der Waals surface area contributed by atoms with Gasteiger partial charge in [-0.1, -0.05) is 6.07 Å². The number of sulfone groups is 1. The van der Waals surface area contributed by atoms with E-state index < -0.39 is 21.4 Å². The third-order valence-corrected chi connectivity index (χ3v) is 3.32. The third-order valence-electron chi connectivity index (χ3n) is 2.22. The number of hydrogen-bond acceptors (Lipinski definition) is 4. The maximum Gasteiger partial charge on any atom is 0.165 e. The van der Waals surface area contributed by atoms with Gasteiger partial charge in [0.05, 0.1) is 5.75 Å². The molecule has 0 aliphatic heterocycles. The van der Waals surface area contributed by atoms with E-state index in [0.717, 1.165) is 0 Å². The van der Waals surface area contributed by atoms with E-state index in [4.69, 9.17) is 5.11 Å². The highest BCUT2D eigenvalue weighted by Crippen LogP contribution is 2.15. The van der Waals surface area contributed by atoms with Crippen LogP contribution in [0.1, 0.15) is 12.5 Å². The van der Waals surface area contributed by atoms with Crippen LogP contribution in [-0.4, -0.2) is 31.6 Å². The standard InChI is InChI=1S/C11H16FNO3S/c1-8(7-17(2,15)16)13-6-9-3-4-11(14)10(12)5-9/h3-5,8,13-14H,6-7H2,1-2H3. The van der Waals surface area contributed by atoms with Gasteiger partial charge in [-0.2, -0.15) is 0 Å². The minimum Gasteiger partial charge on any atom is -0.505 e. The summed E-state index contributed by atoms with van der Waals surface area (Å²) in [7, 11) is -3.02. The summed E-state index contributed by atoms with van der Waals surface area (Å²) in [5, 5.41) is 12.0. The monoisotopic (exact) mass is 261 g/mol. The van der Waals surface area contributed by atoms with E-state index in [1.54, 1.807) is 13.0 Å². The van der Waals surface area contributed by atoms with Crippen molar-refractivity contribution >= 4 is 9.84 Å². The van der Waals surface area contributed by atoms with Gasteiger partial charge in [0.25, 0.3) is 0 Å². The number of phenols is 1. The number of halogens is 1. The second kappa shape index (κ2) is 5.46. The molecule has 4 nitrogen and oxygen atoms in total. The maximum absolute atomic E-state index is 13.0. The lowest BCUT2D eigenvalue weighted by Crippen LogP contribution is -2.32. The van der Waals surface area contributed by atoms with Gasteiger partial charge < -0.3 is 10.4 Å². The summed E-state index contributed by atoms with van der Waals surface area (Å²) in [6.45, 7) is 2.10. The van der Waals surface area contributed by atoms with Gasteiger partial charge in [0.1, 0.15) is 9.84 Å². The molecule has 1 atom stereocenters. The van der Waals surface area contributed by atoms with Crippen LogP contribution < -0.4 is 5.32 Å². The fourth-order valence-corrected chi connectivity index (χ4v) is 2.49. The van der Waals surface area contributed by atoms with Crippen molar-refractivity contribution in [3.8, 4) is 5.75 Å². The summed E-state index contributed by atoms with van der Waals surface area (Å²) in [4.78, 5) is 0. The molecule has 0 radical (unpaired) electrons. The normalized spacial score (nSPS) is 13.6. The van der Waals surface area contributed by atoms with Crippen LogP contribution in [-0.2, 0) is 16.4 Å². The zero-order valence-corrected chi connectivity index (χ0v) is 10.6. The molecule has 6 heteroatoms. The third kappa shape index (κ3) is 5.14. The van der Waals surface area contributed by atoms with Gasteiger partial charge >= 0.3 is 0 Å². The molecular weight excluding hydrogens is 245 g/mol. The van der Waals surface area contributed by atoms with Crippen molar-refractivity contribution in [2.24, 2.45) is 0 Å². The van der Waals surface area contributed by atoms with Gasteiger partial charge in [-0.15, -0.1) is 0 Å². The Morgan fingerprint density at radius 3 is 2.65 bits per heavy atom. The van der Waals surface area contributed by atoms with Crippen LogP contribution >= 0.6 is 0 Å². The maximum atomic E-state index is 13.0. The minimum atomic E-state index is -3.02. The lowest BCUT2D eigenvalue weighted by Gasteiger charge is -2.12. The number of hydrogen-bond donors (Lipinski definition) is 2. The average molecular weight is 261 g/mol. The predicted octanol–water partition coefficient (Wildman–Crippen LogP) is 1.05. The number of phenolic OH excluding ortho intramolecular Hbond substituents is 1. The lowest BCUT2D eigenvalue weighted by atomic mass is 10.2. The van der Waals surface area contributed by atoms with E-state index in [1.165, 1.54) is 18.4 Å². The van der Waals surface area contributed by atoms with Crippen molar-refractivity contribution in [3.63, 3.8) is 0 Å².